The van der Waals surface area contributed by atoms with Crippen molar-refractivity contribution in [2.45, 2.75) is 13.0 Å². The predicted octanol–water partition coefficient (Wildman–Crippen LogP) is 2.33. The van der Waals surface area contributed by atoms with Crippen LogP contribution in [0, 0.1) is 0 Å². The summed E-state index contributed by atoms with van der Waals surface area (Å²) in [6.07, 6.45) is 1.11. The fraction of sp³-hybridized carbons (Fsp3) is 0.231. The van der Waals surface area contributed by atoms with Crippen LogP contribution in [0.4, 0.5) is 0 Å². The number of nitrogens with one attached hydrogen (secondary N) is 2. The number of rotatable bonds is 1. The van der Waals surface area contributed by atoms with Crippen molar-refractivity contribution in [3.05, 3.63) is 47.7 Å². The van der Waals surface area contributed by atoms with Crippen LogP contribution < -0.4 is 5.32 Å². The Morgan fingerprint density at radius 2 is 1.93 bits per heavy atom. The molecule has 0 radical (unpaired) electrons. The first-order valence-electron chi connectivity index (χ1n) is 5.40. The number of aromatic amines is 1. The SMILES string of the molecule is c1ccc(-c2cc3c([nH]2)CCNC3)cc1. The van der Waals surface area contributed by atoms with Gasteiger partial charge in [0.2, 0.25) is 0 Å². The van der Waals surface area contributed by atoms with E-state index in [-0.39, 0.29) is 0 Å². The van der Waals surface area contributed by atoms with Crippen molar-refractivity contribution in [2.24, 2.45) is 0 Å². The molecule has 2 aromatic rings. The molecule has 0 spiro atoms. The Balaban J connectivity index is 2.03. The van der Waals surface area contributed by atoms with Gasteiger partial charge in [0.1, 0.15) is 0 Å². The van der Waals surface area contributed by atoms with Crippen LogP contribution in [0.15, 0.2) is 36.4 Å². The van der Waals surface area contributed by atoms with E-state index in [9.17, 15) is 0 Å². The third-order valence-electron chi connectivity index (χ3n) is 2.94. The summed E-state index contributed by atoms with van der Waals surface area (Å²) in [5.41, 5.74) is 5.32. The molecular weight excluding hydrogens is 184 g/mol. The molecule has 0 bridgehead atoms. The van der Waals surface area contributed by atoms with Crippen LogP contribution in [0.5, 0.6) is 0 Å². The van der Waals surface area contributed by atoms with Crippen LogP contribution in [0.3, 0.4) is 0 Å². The van der Waals surface area contributed by atoms with Gasteiger partial charge in [-0.15, -0.1) is 0 Å². The van der Waals surface area contributed by atoms with E-state index in [2.05, 4.69) is 40.6 Å². The smallest absolute Gasteiger partial charge is 0.0459 e. The number of fused-ring (bicyclic) bond motifs is 1. The highest BCUT2D eigenvalue weighted by atomic mass is 14.9. The van der Waals surface area contributed by atoms with Gasteiger partial charge in [0.25, 0.3) is 0 Å². The van der Waals surface area contributed by atoms with E-state index < -0.39 is 0 Å². The Morgan fingerprint density at radius 3 is 2.73 bits per heavy atom. The molecule has 2 nitrogen and oxygen atoms in total. The quantitative estimate of drug-likeness (QED) is 0.723. The maximum absolute atomic E-state index is 3.51. The highest BCUT2D eigenvalue weighted by Gasteiger charge is 2.12. The summed E-state index contributed by atoms with van der Waals surface area (Å²) in [5, 5.41) is 3.39. The summed E-state index contributed by atoms with van der Waals surface area (Å²) in [7, 11) is 0. The first-order chi connectivity index (χ1) is 7.43. The summed E-state index contributed by atoms with van der Waals surface area (Å²) >= 11 is 0. The summed E-state index contributed by atoms with van der Waals surface area (Å²) in [4.78, 5) is 3.51. The highest BCUT2D eigenvalue weighted by Crippen LogP contribution is 2.23. The zero-order valence-electron chi connectivity index (χ0n) is 8.59. The molecule has 0 saturated carbocycles. The third-order valence-corrected chi connectivity index (χ3v) is 2.94. The minimum atomic E-state index is 0.999. The second-order valence-electron chi connectivity index (χ2n) is 3.98. The minimum absolute atomic E-state index is 0.999. The zero-order chi connectivity index (χ0) is 10.1. The molecule has 0 atom stereocenters. The maximum atomic E-state index is 3.51. The average molecular weight is 198 g/mol. The van der Waals surface area contributed by atoms with E-state index in [0.29, 0.717) is 0 Å². The second-order valence-corrected chi connectivity index (χ2v) is 3.98. The minimum Gasteiger partial charge on any atom is -0.358 e. The monoisotopic (exact) mass is 198 g/mol. The molecular formula is C13H14N2. The summed E-state index contributed by atoms with van der Waals surface area (Å²) in [5.74, 6) is 0. The van der Waals surface area contributed by atoms with Crippen LogP contribution in [0.25, 0.3) is 11.3 Å². The highest BCUT2D eigenvalue weighted by molar-refractivity contribution is 5.61. The second kappa shape index (κ2) is 3.55. The summed E-state index contributed by atoms with van der Waals surface area (Å²) in [6, 6.07) is 12.8. The van der Waals surface area contributed by atoms with E-state index in [1.54, 1.807) is 0 Å². The number of benzene rings is 1. The first kappa shape index (κ1) is 8.74. The van der Waals surface area contributed by atoms with Crippen molar-refractivity contribution in [3.8, 4) is 11.3 Å². The van der Waals surface area contributed by atoms with Gasteiger partial charge in [0.05, 0.1) is 0 Å². The van der Waals surface area contributed by atoms with Gasteiger partial charge < -0.3 is 10.3 Å². The lowest BCUT2D eigenvalue weighted by Crippen LogP contribution is -2.22. The van der Waals surface area contributed by atoms with E-state index in [1.165, 1.54) is 22.5 Å². The van der Waals surface area contributed by atoms with Crippen molar-refractivity contribution in [3.63, 3.8) is 0 Å². The molecule has 1 aliphatic rings. The molecule has 1 aliphatic heterocycles. The molecule has 0 aliphatic carbocycles. The summed E-state index contributed by atoms with van der Waals surface area (Å²) < 4.78 is 0. The van der Waals surface area contributed by atoms with E-state index in [4.69, 9.17) is 0 Å². The summed E-state index contributed by atoms with van der Waals surface area (Å²) in [6.45, 7) is 2.08. The van der Waals surface area contributed by atoms with Crippen molar-refractivity contribution < 1.29 is 0 Å². The van der Waals surface area contributed by atoms with Gasteiger partial charge in [0.15, 0.2) is 0 Å². The average Bonchev–Trinajstić information content (AvgIpc) is 2.74. The van der Waals surface area contributed by atoms with Crippen molar-refractivity contribution >= 4 is 0 Å². The van der Waals surface area contributed by atoms with Gasteiger partial charge in [-0.3, -0.25) is 0 Å². The lowest BCUT2D eigenvalue weighted by molar-refractivity contribution is 0.638. The molecule has 0 fully saturated rings. The molecule has 1 aromatic carbocycles. The molecule has 0 saturated heterocycles. The van der Waals surface area contributed by atoms with Crippen LogP contribution in [0.2, 0.25) is 0 Å². The Bertz CT molecular complexity index is 433. The molecule has 3 rings (SSSR count). The number of aromatic nitrogens is 1. The van der Waals surface area contributed by atoms with Crippen LogP contribution in [-0.2, 0) is 13.0 Å². The Hall–Kier alpha value is -1.54. The van der Waals surface area contributed by atoms with Gasteiger partial charge in [-0.25, -0.2) is 0 Å². The fourth-order valence-corrected chi connectivity index (χ4v) is 2.13. The maximum Gasteiger partial charge on any atom is 0.0459 e. The first-order valence-corrected chi connectivity index (χ1v) is 5.40. The normalized spacial score (nSPS) is 14.9. The molecule has 2 heterocycles. The Morgan fingerprint density at radius 1 is 1.07 bits per heavy atom. The molecule has 1 aromatic heterocycles. The predicted molar refractivity (Wildman–Crippen MR) is 61.6 cm³/mol. The number of hydrogen-bond donors (Lipinski definition) is 2. The molecule has 15 heavy (non-hydrogen) atoms. The van der Waals surface area contributed by atoms with Crippen LogP contribution in [-0.4, -0.2) is 11.5 Å². The van der Waals surface area contributed by atoms with E-state index in [1.807, 2.05) is 6.07 Å². The standard InChI is InChI=1S/C13H14N2/c1-2-4-10(5-3-1)13-8-11-9-14-7-6-12(11)15-13/h1-5,8,14-15H,6-7,9H2. The molecule has 76 valence electrons. The zero-order valence-corrected chi connectivity index (χ0v) is 8.59. The van der Waals surface area contributed by atoms with Gasteiger partial charge in [-0.1, -0.05) is 30.3 Å². The van der Waals surface area contributed by atoms with Gasteiger partial charge in [-0.05, 0) is 17.2 Å². The topological polar surface area (TPSA) is 27.8 Å². The fourth-order valence-electron chi connectivity index (χ4n) is 2.13. The third kappa shape index (κ3) is 1.57. The lowest BCUT2D eigenvalue weighted by atomic mass is 10.1. The largest absolute Gasteiger partial charge is 0.358 e. The molecule has 2 heteroatoms. The van der Waals surface area contributed by atoms with Crippen LogP contribution in [0.1, 0.15) is 11.3 Å². The van der Waals surface area contributed by atoms with Gasteiger partial charge in [-0.2, -0.15) is 0 Å². The van der Waals surface area contributed by atoms with Crippen molar-refractivity contribution in [2.75, 3.05) is 6.54 Å². The van der Waals surface area contributed by atoms with Crippen molar-refractivity contribution in [1.82, 2.24) is 10.3 Å². The van der Waals surface area contributed by atoms with E-state index in [0.717, 1.165) is 19.5 Å². The number of H-pyrrole nitrogens is 1. The van der Waals surface area contributed by atoms with Gasteiger partial charge >= 0.3 is 0 Å². The molecule has 0 amide bonds. The lowest BCUT2D eigenvalue weighted by Gasteiger charge is -2.11. The Kier molecular flexibility index (Phi) is 2.07. The Labute approximate surface area is 89.3 Å². The van der Waals surface area contributed by atoms with Crippen LogP contribution >= 0.6 is 0 Å². The molecule has 2 N–H and O–H groups in total. The molecule has 0 unspecified atom stereocenters. The van der Waals surface area contributed by atoms with Gasteiger partial charge in [0, 0.05) is 30.9 Å². The number of hydrogen-bond acceptors (Lipinski definition) is 1. The van der Waals surface area contributed by atoms with Crippen molar-refractivity contribution in [1.29, 1.82) is 0 Å². The van der Waals surface area contributed by atoms with E-state index >= 15 is 0 Å².